The molecular formula is C42H33IrN3O-2. The predicted molar refractivity (Wildman–Crippen MR) is 189 cm³/mol. The van der Waals surface area contributed by atoms with Crippen LogP contribution in [0.4, 0.5) is 0 Å². The molecule has 1 radical (unpaired) electrons. The number of furan rings is 1. The SMILES string of the molecule is Cc1c[c-]c(-c2ccc(C)cn2)cc1.Cc1ccc2c(n1)oc1c(-c3cc(-c4ccc5ccccc5c4C)c(C)cn3)[c-]ccc12.[Ir]. The van der Waals surface area contributed by atoms with Crippen LogP contribution in [-0.4, -0.2) is 15.0 Å². The minimum atomic E-state index is 0. The second-order valence-electron chi connectivity index (χ2n) is 11.8. The fourth-order valence-corrected chi connectivity index (χ4v) is 5.86. The van der Waals surface area contributed by atoms with E-state index in [-0.39, 0.29) is 20.1 Å². The Bertz CT molecular complexity index is 2310. The van der Waals surface area contributed by atoms with Crippen molar-refractivity contribution in [2.24, 2.45) is 0 Å². The molecule has 0 aliphatic carbocycles. The minimum Gasteiger partial charge on any atom is -0.486 e. The maximum atomic E-state index is 6.19. The van der Waals surface area contributed by atoms with Crippen LogP contribution in [0, 0.1) is 46.8 Å². The molecule has 0 aliphatic heterocycles. The van der Waals surface area contributed by atoms with E-state index in [0.717, 1.165) is 50.1 Å². The number of aromatic nitrogens is 3. The summed E-state index contributed by atoms with van der Waals surface area (Å²) >= 11 is 0. The molecule has 4 aromatic carbocycles. The number of benzene rings is 4. The van der Waals surface area contributed by atoms with Gasteiger partial charge in [-0.05, 0) is 89.8 Å². The Morgan fingerprint density at radius 1 is 0.638 bits per heavy atom. The third-order valence-corrected chi connectivity index (χ3v) is 8.44. The molecule has 0 amide bonds. The summed E-state index contributed by atoms with van der Waals surface area (Å²) in [6, 6.07) is 39.9. The van der Waals surface area contributed by atoms with Gasteiger partial charge in [0.25, 0.3) is 0 Å². The van der Waals surface area contributed by atoms with Crippen molar-refractivity contribution in [3.8, 4) is 33.6 Å². The van der Waals surface area contributed by atoms with E-state index in [0.29, 0.717) is 5.71 Å². The Balaban J connectivity index is 0.000000217. The maximum Gasteiger partial charge on any atom is 0.216 e. The molecule has 0 bridgehead atoms. The average Bonchev–Trinajstić information content (AvgIpc) is 3.44. The van der Waals surface area contributed by atoms with Crippen LogP contribution in [0.5, 0.6) is 0 Å². The fraction of sp³-hybridized carbons (Fsp3) is 0.119. The minimum absolute atomic E-state index is 0. The molecule has 8 rings (SSSR count). The molecule has 0 aliphatic rings. The molecule has 8 aromatic rings. The third kappa shape index (κ3) is 6.38. The van der Waals surface area contributed by atoms with E-state index in [1.807, 2.05) is 62.6 Å². The van der Waals surface area contributed by atoms with Crippen molar-refractivity contribution in [3.05, 3.63) is 150 Å². The number of hydrogen-bond donors (Lipinski definition) is 0. The summed E-state index contributed by atoms with van der Waals surface area (Å²) in [7, 11) is 0. The van der Waals surface area contributed by atoms with Gasteiger partial charge in [-0.25, -0.2) is 4.98 Å². The average molecular weight is 788 g/mol. The second kappa shape index (κ2) is 13.4. The van der Waals surface area contributed by atoms with Crippen LogP contribution in [0.2, 0.25) is 0 Å². The Kier molecular flexibility index (Phi) is 9.13. The molecule has 0 N–H and O–H groups in total. The van der Waals surface area contributed by atoms with Crippen LogP contribution in [0.25, 0.3) is 66.5 Å². The van der Waals surface area contributed by atoms with Gasteiger partial charge in [0.2, 0.25) is 5.71 Å². The first-order valence-corrected chi connectivity index (χ1v) is 15.4. The smallest absolute Gasteiger partial charge is 0.216 e. The van der Waals surface area contributed by atoms with E-state index >= 15 is 0 Å². The van der Waals surface area contributed by atoms with Gasteiger partial charge in [0.15, 0.2) is 0 Å². The molecule has 4 nitrogen and oxygen atoms in total. The van der Waals surface area contributed by atoms with Crippen molar-refractivity contribution in [1.82, 2.24) is 15.0 Å². The zero-order valence-corrected chi connectivity index (χ0v) is 29.4. The number of pyridine rings is 3. The molecule has 0 fully saturated rings. The molecule has 5 heteroatoms. The quantitative estimate of drug-likeness (QED) is 0.167. The molecule has 4 aromatic heterocycles. The third-order valence-electron chi connectivity index (χ3n) is 8.44. The van der Waals surface area contributed by atoms with Crippen LogP contribution in [0.1, 0.15) is 27.9 Å². The van der Waals surface area contributed by atoms with E-state index in [2.05, 4.69) is 104 Å². The summed E-state index contributed by atoms with van der Waals surface area (Å²) in [5.41, 5.74) is 13.3. The molecule has 233 valence electrons. The first-order chi connectivity index (χ1) is 22.4. The monoisotopic (exact) mass is 788 g/mol. The summed E-state index contributed by atoms with van der Waals surface area (Å²) in [4.78, 5) is 13.7. The van der Waals surface area contributed by atoms with E-state index < -0.39 is 0 Å². The van der Waals surface area contributed by atoms with E-state index in [1.54, 1.807) is 0 Å². The zero-order chi connectivity index (χ0) is 31.8. The Labute approximate surface area is 288 Å². The molecular weight excluding hydrogens is 755 g/mol. The normalized spacial score (nSPS) is 10.9. The van der Waals surface area contributed by atoms with Gasteiger partial charge in [-0.2, -0.15) is 0 Å². The maximum absolute atomic E-state index is 6.19. The largest absolute Gasteiger partial charge is 0.486 e. The van der Waals surface area contributed by atoms with E-state index in [1.165, 1.54) is 38.6 Å². The van der Waals surface area contributed by atoms with Crippen molar-refractivity contribution in [1.29, 1.82) is 0 Å². The second-order valence-corrected chi connectivity index (χ2v) is 11.8. The molecule has 0 spiro atoms. The number of aryl methyl sites for hydroxylation is 5. The summed E-state index contributed by atoms with van der Waals surface area (Å²) in [6.45, 7) is 10.4. The molecule has 0 unspecified atom stereocenters. The van der Waals surface area contributed by atoms with Gasteiger partial charge in [-0.1, -0.05) is 72.5 Å². The van der Waals surface area contributed by atoms with Crippen LogP contribution in [0.15, 0.2) is 114 Å². The summed E-state index contributed by atoms with van der Waals surface area (Å²) < 4.78 is 6.19. The Morgan fingerprint density at radius 3 is 2.23 bits per heavy atom. The van der Waals surface area contributed by atoms with Gasteiger partial charge in [0.05, 0.1) is 5.58 Å². The van der Waals surface area contributed by atoms with Crippen molar-refractivity contribution in [2.45, 2.75) is 34.6 Å². The van der Waals surface area contributed by atoms with Crippen LogP contribution in [-0.2, 0) is 20.1 Å². The van der Waals surface area contributed by atoms with Crippen LogP contribution >= 0.6 is 0 Å². The Morgan fingerprint density at radius 2 is 1.45 bits per heavy atom. The first-order valence-electron chi connectivity index (χ1n) is 15.4. The predicted octanol–water partition coefficient (Wildman–Crippen LogP) is 10.8. The van der Waals surface area contributed by atoms with Gasteiger partial charge < -0.3 is 14.4 Å². The van der Waals surface area contributed by atoms with Crippen LogP contribution in [0.3, 0.4) is 0 Å². The van der Waals surface area contributed by atoms with Gasteiger partial charge in [-0.3, -0.25) is 0 Å². The standard InChI is InChI=1S/C29H21N2O.C13H12N.Ir/c1-17-16-30-27(15-26(17)22-14-12-20-7-4-5-8-21(20)19(22)3)25-10-6-9-23-24-13-11-18(2)31-29(24)32-28(23)25;1-10-3-6-12(7-4-10)13-8-5-11(2)9-14-13;/h4-9,11-16H,1-3H3;3-6,8-9H,1-2H3;/q2*-1;. The molecule has 0 saturated carbocycles. The zero-order valence-electron chi connectivity index (χ0n) is 27.0. The number of hydrogen-bond acceptors (Lipinski definition) is 4. The van der Waals surface area contributed by atoms with Gasteiger partial charge in [0, 0.05) is 43.6 Å². The van der Waals surface area contributed by atoms with E-state index in [9.17, 15) is 0 Å². The van der Waals surface area contributed by atoms with Crippen molar-refractivity contribution >= 4 is 32.8 Å². The summed E-state index contributed by atoms with van der Waals surface area (Å²) in [5.74, 6) is 0. The van der Waals surface area contributed by atoms with Crippen molar-refractivity contribution in [2.75, 3.05) is 0 Å². The van der Waals surface area contributed by atoms with Gasteiger partial charge in [0.1, 0.15) is 0 Å². The molecule has 47 heavy (non-hydrogen) atoms. The molecule has 0 atom stereocenters. The Hall–Kier alpha value is -4.96. The molecule has 4 heterocycles. The van der Waals surface area contributed by atoms with Gasteiger partial charge >= 0.3 is 0 Å². The number of fused-ring (bicyclic) bond motifs is 4. The summed E-state index contributed by atoms with van der Waals surface area (Å²) in [6.07, 6.45) is 3.82. The number of rotatable bonds is 3. The topological polar surface area (TPSA) is 51.8 Å². The van der Waals surface area contributed by atoms with E-state index in [4.69, 9.17) is 9.40 Å². The summed E-state index contributed by atoms with van der Waals surface area (Å²) in [5, 5.41) is 4.57. The van der Waals surface area contributed by atoms with Crippen molar-refractivity contribution < 1.29 is 24.5 Å². The number of nitrogens with zero attached hydrogens (tertiary/aromatic N) is 3. The first kappa shape index (κ1) is 32.0. The van der Waals surface area contributed by atoms with Crippen LogP contribution < -0.4 is 0 Å². The van der Waals surface area contributed by atoms with Gasteiger partial charge in [-0.15, -0.1) is 53.6 Å². The van der Waals surface area contributed by atoms with Crippen molar-refractivity contribution in [3.63, 3.8) is 0 Å². The fourth-order valence-electron chi connectivity index (χ4n) is 5.86. The molecule has 0 saturated heterocycles.